The molecule has 0 radical (unpaired) electrons. The highest BCUT2D eigenvalue weighted by Gasteiger charge is 2.08. The molecule has 0 saturated heterocycles. The Morgan fingerprint density at radius 1 is 1.05 bits per heavy atom. The van der Waals surface area contributed by atoms with Crippen molar-refractivity contribution in [1.29, 1.82) is 0 Å². The van der Waals surface area contributed by atoms with Gasteiger partial charge in [-0.05, 0) is 49.2 Å². The van der Waals surface area contributed by atoms with E-state index in [4.69, 9.17) is 5.11 Å². The van der Waals surface area contributed by atoms with Crippen LogP contribution in [0.2, 0.25) is 0 Å². The van der Waals surface area contributed by atoms with Gasteiger partial charge in [0, 0.05) is 0 Å². The first-order chi connectivity index (χ1) is 9.49. The monoisotopic (exact) mass is 270 g/mol. The number of aromatic hydroxyl groups is 1. The Hall–Kier alpha value is -2.69. The van der Waals surface area contributed by atoms with Gasteiger partial charge in [0.15, 0.2) is 0 Å². The lowest BCUT2D eigenvalue weighted by Crippen LogP contribution is -1.95. The molecule has 0 amide bonds. The molecular formula is C15H14N2O3. The van der Waals surface area contributed by atoms with Crippen molar-refractivity contribution in [2.24, 2.45) is 10.2 Å². The van der Waals surface area contributed by atoms with Gasteiger partial charge in [0.05, 0.1) is 11.3 Å². The van der Waals surface area contributed by atoms with Crippen LogP contribution in [-0.2, 0) is 0 Å². The van der Waals surface area contributed by atoms with Crippen molar-refractivity contribution < 1.29 is 15.0 Å². The molecule has 0 aliphatic carbocycles. The Morgan fingerprint density at radius 3 is 2.25 bits per heavy atom. The number of phenols is 1. The number of hydrogen-bond acceptors (Lipinski definition) is 4. The lowest BCUT2D eigenvalue weighted by molar-refractivity contribution is 0.0697. The molecule has 2 rings (SSSR count). The first-order valence-corrected chi connectivity index (χ1v) is 6.03. The summed E-state index contributed by atoms with van der Waals surface area (Å²) >= 11 is 0. The predicted molar refractivity (Wildman–Crippen MR) is 75.2 cm³/mol. The second kappa shape index (κ2) is 5.52. The minimum absolute atomic E-state index is 0.100. The molecule has 0 aliphatic heterocycles. The number of nitrogens with zero attached hydrogens (tertiary/aromatic N) is 2. The van der Waals surface area contributed by atoms with E-state index < -0.39 is 5.97 Å². The number of carboxylic acids is 1. The van der Waals surface area contributed by atoms with Crippen LogP contribution in [0.5, 0.6) is 5.75 Å². The highest BCUT2D eigenvalue weighted by atomic mass is 16.4. The number of benzene rings is 2. The smallest absolute Gasteiger partial charge is 0.337 e. The minimum Gasteiger partial charge on any atom is -0.507 e. The third kappa shape index (κ3) is 2.83. The molecule has 102 valence electrons. The van der Waals surface area contributed by atoms with Crippen molar-refractivity contribution in [3.05, 3.63) is 53.1 Å². The summed E-state index contributed by atoms with van der Waals surface area (Å²) in [4.78, 5) is 11.1. The highest BCUT2D eigenvalue weighted by Crippen LogP contribution is 2.29. The van der Waals surface area contributed by atoms with Crippen molar-refractivity contribution in [2.45, 2.75) is 13.8 Å². The summed E-state index contributed by atoms with van der Waals surface area (Å²) in [5.41, 5.74) is 2.36. The van der Waals surface area contributed by atoms with Gasteiger partial charge in [0.25, 0.3) is 0 Å². The molecule has 2 aromatic carbocycles. The van der Waals surface area contributed by atoms with Crippen LogP contribution >= 0.6 is 0 Å². The van der Waals surface area contributed by atoms with Gasteiger partial charge in [0.1, 0.15) is 11.4 Å². The van der Waals surface area contributed by atoms with Crippen LogP contribution in [0.3, 0.4) is 0 Å². The number of azo groups is 1. The molecule has 0 saturated carbocycles. The largest absolute Gasteiger partial charge is 0.507 e. The normalized spacial score (nSPS) is 10.9. The van der Waals surface area contributed by atoms with Gasteiger partial charge >= 0.3 is 5.97 Å². The number of carboxylic acid groups (broad SMARTS) is 1. The number of aryl methyl sites for hydroxylation is 2. The number of rotatable bonds is 3. The van der Waals surface area contributed by atoms with Crippen molar-refractivity contribution in [2.75, 3.05) is 0 Å². The van der Waals surface area contributed by atoms with E-state index in [1.807, 2.05) is 0 Å². The summed E-state index contributed by atoms with van der Waals surface area (Å²) in [5, 5.41) is 26.7. The van der Waals surface area contributed by atoms with Crippen LogP contribution in [0.1, 0.15) is 21.5 Å². The van der Waals surface area contributed by atoms with E-state index in [0.717, 1.165) is 0 Å². The minimum atomic E-state index is -1.04. The van der Waals surface area contributed by atoms with Gasteiger partial charge in [-0.1, -0.05) is 12.1 Å². The standard InChI is InChI=1S/C15H14N2O3/c1-9-7-11(8-10(2)14(9)18)16-17-13-6-4-3-5-12(13)15(19)20/h3-8,18H,1-2H3,(H,19,20). The van der Waals surface area contributed by atoms with Gasteiger partial charge in [-0.15, -0.1) is 5.11 Å². The van der Waals surface area contributed by atoms with E-state index in [0.29, 0.717) is 22.5 Å². The maximum atomic E-state index is 11.1. The summed E-state index contributed by atoms with van der Waals surface area (Å²) in [6.07, 6.45) is 0. The Balaban J connectivity index is 2.37. The second-order valence-corrected chi connectivity index (χ2v) is 4.45. The predicted octanol–water partition coefficient (Wildman–Crippen LogP) is 4.12. The Kier molecular flexibility index (Phi) is 3.79. The van der Waals surface area contributed by atoms with E-state index >= 15 is 0 Å². The lowest BCUT2D eigenvalue weighted by atomic mass is 10.1. The average Bonchev–Trinajstić information content (AvgIpc) is 2.42. The molecule has 5 nitrogen and oxygen atoms in total. The van der Waals surface area contributed by atoms with Crippen molar-refractivity contribution in [1.82, 2.24) is 0 Å². The molecule has 20 heavy (non-hydrogen) atoms. The molecule has 0 aromatic heterocycles. The van der Waals surface area contributed by atoms with E-state index in [9.17, 15) is 9.90 Å². The van der Waals surface area contributed by atoms with Crippen molar-refractivity contribution in [3.63, 3.8) is 0 Å². The first-order valence-electron chi connectivity index (χ1n) is 6.03. The van der Waals surface area contributed by atoms with Crippen molar-refractivity contribution in [3.8, 4) is 5.75 Å². The third-order valence-corrected chi connectivity index (χ3v) is 2.88. The molecule has 0 fully saturated rings. The van der Waals surface area contributed by atoms with Gasteiger partial charge < -0.3 is 10.2 Å². The van der Waals surface area contributed by atoms with Crippen LogP contribution in [0, 0.1) is 13.8 Å². The number of hydrogen-bond donors (Lipinski definition) is 2. The van der Waals surface area contributed by atoms with Crippen LogP contribution in [-0.4, -0.2) is 16.2 Å². The fourth-order valence-corrected chi connectivity index (χ4v) is 1.84. The zero-order chi connectivity index (χ0) is 14.7. The van der Waals surface area contributed by atoms with E-state index in [1.54, 1.807) is 44.2 Å². The average molecular weight is 270 g/mol. The van der Waals surface area contributed by atoms with Crippen molar-refractivity contribution >= 4 is 17.3 Å². The zero-order valence-electron chi connectivity index (χ0n) is 11.2. The molecule has 0 bridgehead atoms. The number of carbonyl (C=O) groups is 1. The molecule has 0 heterocycles. The fourth-order valence-electron chi connectivity index (χ4n) is 1.84. The second-order valence-electron chi connectivity index (χ2n) is 4.45. The van der Waals surface area contributed by atoms with E-state index in [2.05, 4.69) is 10.2 Å². The van der Waals surface area contributed by atoms with E-state index in [-0.39, 0.29) is 11.3 Å². The molecule has 0 aliphatic rings. The van der Waals surface area contributed by atoms with Crippen LogP contribution < -0.4 is 0 Å². The Bertz CT molecular complexity index is 670. The maximum absolute atomic E-state index is 11.1. The summed E-state index contributed by atoms with van der Waals surface area (Å²) in [6, 6.07) is 9.78. The molecule has 2 aromatic rings. The molecule has 0 atom stereocenters. The van der Waals surface area contributed by atoms with Gasteiger partial charge in [-0.3, -0.25) is 0 Å². The number of aromatic carboxylic acids is 1. The zero-order valence-corrected chi connectivity index (χ0v) is 11.2. The first kappa shape index (κ1) is 13.7. The Labute approximate surface area is 116 Å². The van der Waals surface area contributed by atoms with E-state index in [1.165, 1.54) is 6.07 Å². The molecule has 0 spiro atoms. The quantitative estimate of drug-likeness (QED) is 0.823. The summed E-state index contributed by atoms with van der Waals surface area (Å²) < 4.78 is 0. The van der Waals surface area contributed by atoms with Gasteiger partial charge in [-0.25, -0.2) is 4.79 Å². The fraction of sp³-hybridized carbons (Fsp3) is 0.133. The van der Waals surface area contributed by atoms with Crippen LogP contribution in [0.15, 0.2) is 46.6 Å². The maximum Gasteiger partial charge on any atom is 0.337 e. The topological polar surface area (TPSA) is 82.2 Å². The third-order valence-electron chi connectivity index (χ3n) is 2.88. The van der Waals surface area contributed by atoms with Gasteiger partial charge in [-0.2, -0.15) is 5.11 Å². The highest BCUT2D eigenvalue weighted by molar-refractivity contribution is 5.93. The lowest BCUT2D eigenvalue weighted by Gasteiger charge is -2.04. The SMILES string of the molecule is Cc1cc(N=Nc2ccccc2C(=O)O)cc(C)c1O. The van der Waals surface area contributed by atoms with Crippen LogP contribution in [0.4, 0.5) is 11.4 Å². The summed E-state index contributed by atoms with van der Waals surface area (Å²) in [7, 11) is 0. The molecule has 0 unspecified atom stereocenters. The molecule has 2 N–H and O–H groups in total. The Morgan fingerprint density at radius 2 is 1.65 bits per heavy atom. The number of phenolic OH excluding ortho intramolecular Hbond substituents is 1. The summed E-state index contributed by atoms with van der Waals surface area (Å²) in [6.45, 7) is 3.54. The molecular weight excluding hydrogens is 256 g/mol. The summed E-state index contributed by atoms with van der Waals surface area (Å²) in [5.74, 6) is -0.812. The van der Waals surface area contributed by atoms with Gasteiger partial charge in [0.2, 0.25) is 0 Å². The van der Waals surface area contributed by atoms with Crippen LogP contribution in [0.25, 0.3) is 0 Å². The molecule has 5 heteroatoms.